The Balaban J connectivity index is 4.18. The summed E-state index contributed by atoms with van der Waals surface area (Å²) in [6.45, 7) is 11.4. The molecule has 0 aliphatic carbocycles. The highest BCUT2D eigenvalue weighted by Crippen LogP contribution is 2.18. The standard InChI is InChI=1S/C57H110O6/c1-6-7-8-9-10-25-34-39-44-49-57(60)63-54(51-62-56(59)48-43-38-33-29-24-20-16-15-18-22-27-31-36-41-46-53(4)5)50-61-55(58)47-42-37-32-28-23-19-14-12-11-13-17-21-26-30-35-40-45-52(2)3/h52-54H,6-51H2,1-5H3/t54-/m1/s1. The van der Waals surface area contributed by atoms with Crippen molar-refractivity contribution in [2.75, 3.05) is 13.2 Å². The lowest BCUT2D eigenvalue weighted by atomic mass is 10.0. The van der Waals surface area contributed by atoms with Gasteiger partial charge in [0.05, 0.1) is 0 Å². The van der Waals surface area contributed by atoms with Gasteiger partial charge < -0.3 is 14.2 Å². The van der Waals surface area contributed by atoms with Crippen LogP contribution >= 0.6 is 0 Å². The van der Waals surface area contributed by atoms with Crippen LogP contribution in [0, 0.1) is 11.8 Å². The van der Waals surface area contributed by atoms with Crippen LogP contribution in [0.15, 0.2) is 0 Å². The predicted molar refractivity (Wildman–Crippen MR) is 270 cm³/mol. The van der Waals surface area contributed by atoms with Gasteiger partial charge in [-0.05, 0) is 31.1 Å². The Morgan fingerprint density at radius 3 is 0.778 bits per heavy atom. The number of carbonyl (C=O) groups excluding carboxylic acids is 3. The van der Waals surface area contributed by atoms with E-state index in [1.54, 1.807) is 0 Å². The normalized spacial score (nSPS) is 12.0. The molecule has 0 aromatic rings. The molecule has 0 radical (unpaired) electrons. The third kappa shape index (κ3) is 51.3. The molecule has 0 N–H and O–H groups in total. The Morgan fingerprint density at radius 2 is 0.524 bits per heavy atom. The second kappa shape index (κ2) is 49.8. The molecule has 0 aromatic heterocycles. The maximum Gasteiger partial charge on any atom is 0.306 e. The van der Waals surface area contributed by atoms with E-state index in [0.717, 1.165) is 69.6 Å². The smallest absolute Gasteiger partial charge is 0.306 e. The summed E-state index contributed by atoms with van der Waals surface area (Å²) in [6, 6.07) is 0. The van der Waals surface area contributed by atoms with Crippen molar-refractivity contribution in [2.45, 2.75) is 323 Å². The molecule has 0 saturated heterocycles. The van der Waals surface area contributed by atoms with Crippen molar-refractivity contribution in [3.8, 4) is 0 Å². The molecule has 0 spiro atoms. The third-order valence-corrected chi connectivity index (χ3v) is 13.0. The van der Waals surface area contributed by atoms with Crippen LogP contribution in [0.4, 0.5) is 0 Å². The molecule has 0 aliphatic heterocycles. The summed E-state index contributed by atoms with van der Waals surface area (Å²) < 4.78 is 16.8. The van der Waals surface area contributed by atoms with Crippen LogP contribution in [0.1, 0.15) is 317 Å². The van der Waals surface area contributed by atoms with Gasteiger partial charge in [0.2, 0.25) is 0 Å². The molecule has 6 nitrogen and oxygen atoms in total. The molecule has 0 fully saturated rings. The van der Waals surface area contributed by atoms with Gasteiger partial charge in [0.1, 0.15) is 13.2 Å². The van der Waals surface area contributed by atoms with E-state index in [1.807, 2.05) is 0 Å². The zero-order chi connectivity index (χ0) is 46.1. The van der Waals surface area contributed by atoms with Gasteiger partial charge in [-0.3, -0.25) is 14.4 Å². The number of carbonyl (C=O) groups is 3. The molecule has 0 saturated carbocycles. The first-order chi connectivity index (χ1) is 30.7. The average Bonchev–Trinajstić information content (AvgIpc) is 3.25. The van der Waals surface area contributed by atoms with Crippen LogP contribution in [0.3, 0.4) is 0 Å². The van der Waals surface area contributed by atoms with Gasteiger partial charge in [-0.1, -0.05) is 279 Å². The van der Waals surface area contributed by atoms with Crippen LogP contribution < -0.4 is 0 Å². The molecule has 374 valence electrons. The van der Waals surface area contributed by atoms with Crippen molar-refractivity contribution < 1.29 is 28.6 Å². The first-order valence-electron chi connectivity index (χ1n) is 28.2. The minimum Gasteiger partial charge on any atom is -0.462 e. The maximum atomic E-state index is 12.8. The van der Waals surface area contributed by atoms with Crippen molar-refractivity contribution in [1.29, 1.82) is 0 Å². The molecule has 0 heterocycles. The summed E-state index contributed by atoms with van der Waals surface area (Å²) >= 11 is 0. The van der Waals surface area contributed by atoms with Crippen molar-refractivity contribution in [3.63, 3.8) is 0 Å². The molecule has 0 rings (SSSR count). The zero-order valence-electron chi connectivity index (χ0n) is 43.2. The molecule has 0 aromatic carbocycles. The fraction of sp³-hybridized carbons (Fsp3) is 0.947. The Labute approximate surface area is 393 Å². The first-order valence-corrected chi connectivity index (χ1v) is 28.2. The lowest BCUT2D eigenvalue weighted by molar-refractivity contribution is -0.167. The fourth-order valence-electron chi connectivity index (χ4n) is 8.70. The Morgan fingerprint density at radius 1 is 0.302 bits per heavy atom. The summed E-state index contributed by atoms with van der Waals surface area (Å²) in [5.41, 5.74) is 0. The van der Waals surface area contributed by atoms with Gasteiger partial charge in [0.15, 0.2) is 6.10 Å². The van der Waals surface area contributed by atoms with E-state index in [4.69, 9.17) is 14.2 Å². The van der Waals surface area contributed by atoms with E-state index in [9.17, 15) is 14.4 Å². The second-order valence-electron chi connectivity index (χ2n) is 20.5. The topological polar surface area (TPSA) is 78.9 Å². The van der Waals surface area contributed by atoms with Gasteiger partial charge in [-0.25, -0.2) is 0 Å². The lowest BCUT2D eigenvalue weighted by Gasteiger charge is -2.18. The van der Waals surface area contributed by atoms with Gasteiger partial charge >= 0.3 is 17.9 Å². The highest BCUT2D eigenvalue weighted by Gasteiger charge is 2.19. The lowest BCUT2D eigenvalue weighted by Crippen LogP contribution is -2.30. The molecule has 0 amide bonds. The second-order valence-corrected chi connectivity index (χ2v) is 20.5. The number of hydrogen-bond acceptors (Lipinski definition) is 6. The summed E-state index contributed by atoms with van der Waals surface area (Å²) in [5.74, 6) is 0.854. The third-order valence-electron chi connectivity index (χ3n) is 13.0. The summed E-state index contributed by atoms with van der Waals surface area (Å²) in [6.07, 6.45) is 52.4. The van der Waals surface area contributed by atoms with Crippen molar-refractivity contribution >= 4 is 17.9 Å². The van der Waals surface area contributed by atoms with Crippen LogP contribution in [0.25, 0.3) is 0 Å². The number of esters is 3. The Kier molecular flexibility index (Phi) is 48.6. The molecular formula is C57H110O6. The summed E-state index contributed by atoms with van der Waals surface area (Å²) in [5, 5.41) is 0. The van der Waals surface area contributed by atoms with Gasteiger partial charge in [0.25, 0.3) is 0 Å². The quantitative estimate of drug-likeness (QED) is 0.0344. The average molecular weight is 892 g/mol. The molecule has 0 unspecified atom stereocenters. The first kappa shape index (κ1) is 61.4. The highest BCUT2D eigenvalue weighted by atomic mass is 16.6. The number of ether oxygens (including phenoxy) is 3. The molecular weight excluding hydrogens is 781 g/mol. The summed E-state index contributed by atoms with van der Waals surface area (Å²) in [4.78, 5) is 38.0. The van der Waals surface area contributed by atoms with Gasteiger partial charge in [-0.15, -0.1) is 0 Å². The maximum absolute atomic E-state index is 12.8. The van der Waals surface area contributed by atoms with Crippen LogP contribution in [0.2, 0.25) is 0 Å². The van der Waals surface area contributed by atoms with Crippen LogP contribution in [-0.2, 0) is 28.6 Å². The fourth-order valence-corrected chi connectivity index (χ4v) is 8.70. The van der Waals surface area contributed by atoms with E-state index in [2.05, 4.69) is 34.6 Å². The van der Waals surface area contributed by atoms with Crippen LogP contribution in [-0.4, -0.2) is 37.2 Å². The predicted octanol–water partition coefficient (Wildman–Crippen LogP) is 18.5. The minimum absolute atomic E-state index is 0.0630. The Bertz CT molecular complexity index is 962. The monoisotopic (exact) mass is 891 g/mol. The Hall–Kier alpha value is -1.59. The van der Waals surface area contributed by atoms with Crippen molar-refractivity contribution in [3.05, 3.63) is 0 Å². The molecule has 0 bridgehead atoms. The zero-order valence-corrected chi connectivity index (χ0v) is 43.2. The van der Waals surface area contributed by atoms with E-state index in [-0.39, 0.29) is 31.1 Å². The summed E-state index contributed by atoms with van der Waals surface area (Å²) in [7, 11) is 0. The largest absolute Gasteiger partial charge is 0.462 e. The number of rotatable bonds is 51. The SMILES string of the molecule is CCCCCCCCCCCC(=O)O[C@H](COC(=O)CCCCCCCCCCCCCCCCCCC(C)C)COC(=O)CCCCCCCCCCCCCCCCC(C)C. The van der Waals surface area contributed by atoms with E-state index < -0.39 is 6.10 Å². The van der Waals surface area contributed by atoms with Crippen molar-refractivity contribution in [2.24, 2.45) is 11.8 Å². The number of hydrogen-bond donors (Lipinski definition) is 0. The number of unbranched alkanes of at least 4 members (excludes halogenated alkanes) is 36. The molecule has 1 atom stereocenters. The highest BCUT2D eigenvalue weighted by molar-refractivity contribution is 5.71. The van der Waals surface area contributed by atoms with E-state index in [0.29, 0.717) is 19.3 Å². The van der Waals surface area contributed by atoms with Crippen LogP contribution in [0.5, 0.6) is 0 Å². The van der Waals surface area contributed by atoms with E-state index in [1.165, 1.54) is 205 Å². The van der Waals surface area contributed by atoms with Gasteiger partial charge in [-0.2, -0.15) is 0 Å². The van der Waals surface area contributed by atoms with E-state index >= 15 is 0 Å². The molecule has 0 aliphatic rings. The molecule has 63 heavy (non-hydrogen) atoms. The van der Waals surface area contributed by atoms with Crippen molar-refractivity contribution in [1.82, 2.24) is 0 Å². The van der Waals surface area contributed by atoms with Gasteiger partial charge in [0, 0.05) is 19.3 Å². The minimum atomic E-state index is -0.761. The molecule has 6 heteroatoms.